The van der Waals surface area contributed by atoms with Crippen molar-refractivity contribution in [3.05, 3.63) is 52.9 Å². The van der Waals surface area contributed by atoms with E-state index in [1.807, 2.05) is 49.6 Å². The first kappa shape index (κ1) is 16.7. The fraction of sp³-hybridized carbons (Fsp3) is 0.235. The number of amides is 1. The minimum atomic E-state index is -0.0614. The number of thioether (sulfide) groups is 1. The maximum absolute atomic E-state index is 12.0. The second kappa shape index (κ2) is 7.19. The molecule has 1 aromatic carbocycles. The van der Waals surface area contributed by atoms with Gasteiger partial charge >= 0.3 is 0 Å². The first-order valence-corrected chi connectivity index (χ1v) is 9.28. The van der Waals surface area contributed by atoms with E-state index in [1.54, 1.807) is 11.8 Å². The number of oxazole rings is 1. The summed E-state index contributed by atoms with van der Waals surface area (Å²) < 4.78 is 5.56. The van der Waals surface area contributed by atoms with Crippen LogP contribution in [0.5, 0.6) is 0 Å². The Hall–Kier alpha value is -2.12. The van der Waals surface area contributed by atoms with E-state index in [0.29, 0.717) is 16.1 Å². The van der Waals surface area contributed by atoms with Gasteiger partial charge in [-0.2, -0.15) is 0 Å². The van der Waals surface area contributed by atoms with Gasteiger partial charge in [-0.1, -0.05) is 30.0 Å². The molecule has 0 aliphatic rings. The van der Waals surface area contributed by atoms with E-state index < -0.39 is 0 Å². The zero-order valence-corrected chi connectivity index (χ0v) is 15.3. The third-order valence-corrected chi connectivity index (χ3v) is 5.15. The SMILES string of the molecule is CC(=O)N(c1ccccc1)c1nc(CSc2nc(C)c(C)o2)cs1. The quantitative estimate of drug-likeness (QED) is 0.617. The number of hydrogen-bond acceptors (Lipinski definition) is 6. The number of carbonyl (C=O) groups is 1. The topological polar surface area (TPSA) is 59.2 Å². The van der Waals surface area contributed by atoms with Gasteiger partial charge in [0.1, 0.15) is 5.76 Å². The summed E-state index contributed by atoms with van der Waals surface area (Å²) in [6, 6.07) is 9.53. The Morgan fingerprint density at radius 2 is 2.00 bits per heavy atom. The van der Waals surface area contributed by atoms with Crippen molar-refractivity contribution in [1.82, 2.24) is 9.97 Å². The Bertz CT molecular complexity index is 823. The number of anilines is 2. The number of nitrogens with zero attached hydrogens (tertiary/aromatic N) is 3. The highest BCUT2D eigenvalue weighted by Crippen LogP contribution is 2.31. The van der Waals surface area contributed by atoms with Crippen LogP contribution in [0, 0.1) is 13.8 Å². The molecule has 5 nitrogen and oxygen atoms in total. The lowest BCUT2D eigenvalue weighted by atomic mass is 10.3. The smallest absolute Gasteiger partial charge is 0.256 e. The van der Waals surface area contributed by atoms with Crippen LogP contribution in [0.15, 0.2) is 45.4 Å². The molecule has 7 heteroatoms. The van der Waals surface area contributed by atoms with Crippen molar-refractivity contribution in [2.75, 3.05) is 4.90 Å². The summed E-state index contributed by atoms with van der Waals surface area (Å²) >= 11 is 2.95. The second-order valence-corrected chi connectivity index (χ2v) is 6.98. The van der Waals surface area contributed by atoms with Crippen molar-refractivity contribution < 1.29 is 9.21 Å². The molecule has 3 aromatic rings. The fourth-order valence-corrected chi connectivity index (χ4v) is 3.91. The molecule has 2 heterocycles. The lowest BCUT2D eigenvalue weighted by molar-refractivity contribution is -0.115. The standard InChI is InChI=1S/C17H17N3O2S2/c1-11-12(2)22-17(18-11)24-10-14-9-23-16(19-14)20(13(3)21)15-7-5-4-6-8-15/h4-9H,10H2,1-3H3. The van der Waals surface area contributed by atoms with Crippen molar-refractivity contribution in [2.45, 2.75) is 31.7 Å². The molecule has 0 aliphatic carbocycles. The minimum absolute atomic E-state index is 0.0614. The van der Waals surface area contributed by atoms with Gasteiger partial charge in [0.25, 0.3) is 5.22 Å². The van der Waals surface area contributed by atoms with Gasteiger partial charge in [-0.3, -0.25) is 9.69 Å². The number of thiazole rings is 1. The van der Waals surface area contributed by atoms with Crippen molar-refractivity contribution in [2.24, 2.45) is 0 Å². The Labute approximate surface area is 148 Å². The normalized spacial score (nSPS) is 10.8. The van der Waals surface area contributed by atoms with E-state index in [4.69, 9.17) is 4.42 Å². The zero-order valence-electron chi connectivity index (χ0n) is 13.6. The van der Waals surface area contributed by atoms with E-state index in [2.05, 4.69) is 9.97 Å². The minimum Gasteiger partial charge on any atom is -0.437 e. The molecule has 0 atom stereocenters. The molecule has 0 spiro atoms. The summed E-state index contributed by atoms with van der Waals surface area (Å²) in [6.07, 6.45) is 0. The number of aromatic nitrogens is 2. The van der Waals surface area contributed by atoms with Crippen LogP contribution in [0.4, 0.5) is 10.8 Å². The van der Waals surface area contributed by atoms with Crippen molar-refractivity contribution in [1.29, 1.82) is 0 Å². The lowest BCUT2D eigenvalue weighted by Gasteiger charge is -2.17. The van der Waals surface area contributed by atoms with Crippen LogP contribution in [-0.2, 0) is 10.5 Å². The van der Waals surface area contributed by atoms with Gasteiger partial charge < -0.3 is 4.42 Å². The van der Waals surface area contributed by atoms with Gasteiger partial charge in [-0.15, -0.1) is 11.3 Å². The fourth-order valence-electron chi connectivity index (χ4n) is 2.11. The summed E-state index contributed by atoms with van der Waals surface area (Å²) in [6.45, 7) is 5.37. The Kier molecular flexibility index (Phi) is 5.01. The molecular formula is C17H17N3O2S2. The number of carbonyl (C=O) groups excluding carboxylic acids is 1. The Morgan fingerprint density at radius 1 is 1.25 bits per heavy atom. The monoisotopic (exact) mass is 359 g/mol. The van der Waals surface area contributed by atoms with Crippen molar-refractivity contribution in [3.63, 3.8) is 0 Å². The molecule has 0 bridgehead atoms. The lowest BCUT2D eigenvalue weighted by Crippen LogP contribution is -2.22. The van der Waals surface area contributed by atoms with Crippen LogP contribution >= 0.6 is 23.1 Å². The Balaban J connectivity index is 1.75. The summed E-state index contributed by atoms with van der Waals surface area (Å²) in [7, 11) is 0. The maximum atomic E-state index is 12.0. The van der Waals surface area contributed by atoms with Crippen molar-refractivity contribution >= 4 is 39.8 Å². The maximum Gasteiger partial charge on any atom is 0.256 e. The van der Waals surface area contributed by atoms with Gasteiger partial charge in [0.05, 0.1) is 17.1 Å². The van der Waals surface area contributed by atoms with Crippen LogP contribution in [0.1, 0.15) is 24.1 Å². The van der Waals surface area contributed by atoms with Gasteiger partial charge in [-0.05, 0) is 26.0 Å². The molecule has 2 aromatic heterocycles. The van der Waals surface area contributed by atoms with E-state index in [-0.39, 0.29) is 5.91 Å². The largest absolute Gasteiger partial charge is 0.437 e. The molecule has 0 radical (unpaired) electrons. The molecule has 0 fully saturated rings. The van der Waals surface area contributed by atoms with E-state index >= 15 is 0 Å². The van der Waals surface area contributed by atoms with Crippen LogP contribution in [-0.4, -0.2) is 15.9 Å². The molecule has 3 rings (SSSR count). The van der Waals surface area contributed by atoms with Crippen LogP contribution < -0.4 is 4.90 Å². The second-order valence-electron chi connectivity index (χ2n) is 5.22. The average Bonchev–Trinajstić information content (AvgIpc) is 3.13. The third kappa shape index (κ3) is 3.68. The highest BCUT2D eigenvalue weighted by atomic mass is 32.2. The summed E-state index contributed by atoms with van der Waals surface area (Å²) in [5, 5.41) is 3.28. The molecule has 1 amide bonds. The van der Waals surface area contributed by atoms with Gasteiger partial charge in [0.2, 0.25) is 5.91 Å². The summed E-state index contributed by atoms with van der Waals surface area (Å²) in [5.74, 6) is 1.42. The number of aryl methyl sites for hydroxylation is 2. The molecule has 0 aliphatic heterocycles. The highest BCUT2D eigenvalue weighted by Gasteiger charge is 2.18. The van der Waals surface area contributed by atoms with Crippen LogP contribution in [0.25, 0.3) is 0 Å². The third-order valence-electron chi connectivity index (χ3n) is 3.41. The van der Waals surface area contributed by atoms with E-state index in [9.17, 15) is 4.79 Å². The molecule has 0 saturated carbocycles. The van der Waals surface area contributed by atoms with Crippen LogP contribution in [0.3, 0.4) is 0 Å². The number of hydrogen-bond donors (Lipinski definition) is 0. The highest BCUT2D eigenvalue weighted by molar-refractivity contribution is 7.98. The molecule has 0 saturated heterocycles. The Morgan fingerprint density at radius 3 is 2.62 bits per heavy atom. The first-order valence-electron chi connectivity index (χ1n) is 7.41. The van der Waals surface area contributed by atoms with E-state index in [1.165, 1.54) is 23.1 Å². The number of rotatable bonds is 5. The molecular weight excluding hydrogens is 342 g/mol. The molecule has 24 heavy (non-hydrogen) atoms. The average molecular weight is 359 g/mol. The van der Waals surface area contributed by atoms with Gasteiger partial charge in [0, 0.05) is 18.1 Å². The van der Waals surface area contributed by atoms with Gasteiger partial charge in [-0.25, -0.2) is 9.97 Å². The summed E-state index contributed by atoms with van der Waals surface area (Å²) in [4.78, 5) is 22.6. The van der Waals surface area contributed by atoms with Crippen molar-refractivity contribution in [3.8, 4) is 0 Å². The predicted octanol–water partition coefficient (Wildman–Crippen LogP) is 4.72. The molecule has 124 valence electrons. The first-order chi connectivity index (χ1) is 11.5. The van der Waals surface area contributed by atoms with Crippen LogP contribution in [0.2, 0.25) is 0 Å². The summed E-state index contributed by atoms with van der Waals surface area (Å²) in [5.41, 5.74) is 2.62. The zero-order chi connectivity index (χ0) is 17.1. The van der Waals surface area contributed by atoms with Gasteiger partial charge in [0.15, 0.2) is 5.13 Å². The predicted molar refractivity (Wildman–Crippen MR) is 96.9 cm³/mol. The molecule has 0 N–H and O–H groups in total. The number of benzene rings is 1. The van der Waals surface area contributed by atoms with E-state index in [0.717, 1.165) is 22.8 Å². The molecule has 0 unspecified atom stereocenters. The number of para-hydroxylation sites is 1.